The maximum atomic E-state index is 5.33. The highest BCUT2D eigenvalue weighted by molar-refractivity contribution is 9.10. The predicted octanol–water partition coefficient (Wildman–Crippen LogP) is 2.65. The first kappa shape index (κ1) is 10.1. The summed E-state index contributed by atoms with van der Waals surface area (Å²) in [5.41, 5.74) is 1.73. The van der Waals surface area contributed by atoms with Crippen LogP contribution in [0, 0.1) is 12.3 Å². The topological polar surface area (TPSA) is 24.9 Å². The summed E-state index contributed by atoms with van der Waals surface area (Å²) in [5.74, 6) is 2.58. The minimum Gasteiger partial charge on any atom is -0.382 e. The molecule has 0 aliphatic heterocycles. The molecule has 0 spiro atoms. The first-order valence-electron chi connectivity index (χ1n) is 4.02. The van der Waals surface area contributed by atoms with Gasteiger partial charge in [0.1, 0.15) is 4.60 Å². The van der Waals surface area contributed by atoms with Gasteiger partial charge in [0.2, 0.25) is 0 Å². The first-order valence-corrected chi connectivity index (χ1v) is 4.81. The van der Waals surface area contributed by atoms with Gasteiger partial charge in [-0.2, -0.15) is 0 Å². The van der Waals surface area contributed by atoms with Gasteiger partial charge in [-0.3, -0.25) is 0 Å². The summed E-state index contributed by atoms with van der Waals surface area (Å²) < 4.78 is 0.787. The molecule has 1 N–H and O–H groups in total. The van der Waals surface area contributed by atoms with Crippen molar-refractivity contribution in [3.63, 3.8) is 0 Å². The standard InChI is InChI=1S/C10H11BrN2/c1-4-8-6-12-10(11)5-9(8)13-7(2)3/h1,5-7H,2-3H3,(H,12,13). The Labute approximate surface area is 86.9 Å². The molecule has 1 aromatic heterocycles. The van der Waals surface area contributed by atoms with Gasteiger partial charge in [-0.25, -0.2) is 4.98 Å². The van der Waals surface area contributed by atoms with Gasteiger partial charge in [0.15, 0.2) is 0 Å². The van der Waals surface area contributed by atoms with Gasteiger partial charge >= 0.3 is 0 Å². The van der Waals surface area contributed by atoms with Crippen LogP contribution in [0.1, 0.15) is 19.4 Å². The van der Waals surface area contributed by atoms with Gasteiger partial charge in [0.25, 0.3) is 0 Å². The van der Waals surface area contributed by atoms with Crippen molar-refractivity contribution >= 4 is 21.6 Å². The zero-order chi connectivity index (χ0) is 9.84. The van der Waals surface area contributed by atoms with E-state index in [1.807, 2.05) is 6.07 Å². The van der Waals surface area contributed by atoms with E-state index in [9.17, 15) is 0 Å². The summed E-state index contributed by atoms with van der Waals surface area (Å²) >= 11 is 3.30. The fourth-order valence-electron chi connectivity index (χ4n) is 0.975. The zero-order valence-electron chi connectivity index (χ0n) is 7.63. The quantitative estimate of drug-likeness (QED) is 0.633. The van der Waals surface area contributed by atoms with Crippen molar-refractivity contribution in [2.45, 2.75) is 19.9 Å². The molecule has 13 heavy (non-hydrogen) atoms. The number of anilines is 1. The predicted molar refractivity (Wildman–Crippen MR) is 58.6 cm³/mol. The largest absolute Gasteiger partial charge is 0.382 e. The Morgan fingerprint density at radius 2 is 2.31 bits per heavy atom. The van der Waals surface area contributed by atoms with Crippen LogP contribution in [0.25, 0.3) is 0 Å². The van der Waals surface area contributed by atoms with E-state index >= 15 is 0 Å². The Hall–Kier alpha value is -1.01. The molecular formula is C10H11BrN2. The maximum Gasteiger partial charge on any atom is 0.108 e. The molecule has 1 heterocycles. The highest BCUT2D eigenvalue weighted by Gasteiger charge is 2.02. The number of aromatic nitrogens is 1. The summed E-state index contributed by atoms with van der Waals surface area (Å²) in [4.78, 5) is 4.05. The lowest BCUT2D eigenvalue weighted by Crippen LogP contribution is -2.11. The third-order valence-electron chi connectivity index (χ3n) is 1.47. The lowest BCUT2D eigenvalue weighted by molar-refractivity contribution is 0.897. The van der Waals surface area contributed by atoms with Crippen LogP contribution in [-0.2, 0) is 0 Å². The molecule has 1 rings (SSSR count). The van der Waals surface area contributed by atoms with Gasteiger partial charge in [0, 0.05) is 12.2 Å². The summed E-state index contributed by atoms with van der Waals surface area (Å²) in [5, 5.41) is 3.25. The second-order valence-electron chi connectivity index (χ2n) is 3.00. The van der Waals surface area contributed by atoms with Crippen LogP contribution < -0.4 is 5.32 Å². The van der Waals surface area contributed by atoms with E-state index in [0.717, 1.165) is 15.9 Å². The average molecular weight is 239 g/mol. The Kier molecular flexibility index (Phi) is 3.32. The number of nitrogens with one attached hydrogen (secondary N) is 1. The summed E-state index contributed by atoms with van der Waals surface area (Å²) in [6.45, 7) is 4.13. The third-order valence-corrected chi connectivity index (χ3v) is 1.90. The summed E-state index contributed by atoms with van der Waals surface area (Å²) in [7, 11) is 0. The molecule has 2 nitrogen and oxygen atoms in total. The number of pyridine rings is 1. The van der Waals surface area contributed by atoms with Crippen LogP contribution in [0.5, 0.6) is 0 Å². The fraction of sp³-hybridized carbons (Fsp3) is 0.300. The van der Waals surface area contributed by atoms with Gasteiger partial charge in [-0.15, -0.1) is 6.42 Å². The van der Waals surface area contributed by atoms with Gasteiger partial charge in [0.05, 0.1) is 11.3 Å². The average Bonchev–Trinajstić information content (AvgIpc) is 2.03. The van der Waals surface area contributed by atoms with E-state index in [1.54, 1.807) is 6.20 Å². The van der Waals surface area contributed by atoms with Crippen LogP contribution in [-0.4, -0.2) is 11.0 Å². The van der Waals surface area contributed by atoms with E-state index < -0.39 is 0 Å². The van der Waals surface area contributed by atoms with Crippen LogP contribution in [0.15, 0.2) is 16.9 Å². The second kappa shape index (κ2) is 4.29. The van der Waals surface area contributed by atoms with E-state index in [-0.39, 0.29) is 0 Å². The Balaban J connectivity index is 3.03. The number of terminal acetylenes is 1. The number of hydrogen-bond acceptors (Lipinski definition) is 2. The van der Waals surface area contributed by atoms with E-state index in [2.05, 4.69) is 46.0 Å². The lowest BCUT2D eigenvalue weighted by Gasteiger charge is -2.11. The third kappa shape index (κ3) is 2.74. The molecule has 1 aromatic rings. The Morgan fingerprint density at radius 1 is 1.62 bits per heavy atom. The van der Waals surface area contributed by atoms with Gasteiger partial charge in [-0.1, -0.05) is 5.92 Å². The number of hydrogen-bond donors (Lipinski definition) is 1. The lowest BCUT2D eigenvalue weighted by atomic mass is 10.2. The molecule has 0 bridgehead atoms. The van der Waals surface area contributed by atoms with Gasteiger partial charge < -0.3 is 5.32 Å². The van der Waals surface area contributed by atoms with Crippen molar-refractivity contribution in [1.82, 2.24) is 4.98 Å². The van der Waals surface area contributed by atoms with Crippen LogP contribution in [0.2, 0.25) is 0 Å². The number of rotatable bonds is 2. The molecule has 0 atom stereocenters. The monoisotopic (exact) mass is 238 g/mol. The highest BCUT2D eigenvalue weighted by atomic mass is 79.9. The van der Waals surface area contributed by atoms with E-state index in [1.165, 1.54) is 0 Å². The molecule has 68 valence electrons. The van der Waals surface area contributed by atoms with Crippen molar-refractivity contribution < 1.29 is 0 Å². The second-order valence-corrected chi connectivity index (χ2v) is 3.81. The molecule has 0 aliphatic carbocycles. The van der Waals surface area contributed by atoms with Gasteiger partial charge in [-0.05, 0) is 35.8 Å². The van der Waals surface area contributed by atoms with Crippen molar-refractivity contribution in [3.05, 3.63) is 22.4 Å². The van der Waals surface area contributed by atoms with Crippen LogP contribution in [0.4, 0.5) is 5.69 Å². The number of nitrogens with zero attached hydrogens (tertiary/aromatic N) is 1. The summed E-state index contributed by atoms with van der Waals surface area (Å²) in [6.07, 6.45) is 7.01. The molecule has 0 aliphatic rings. The van der Waals surface area contributed by atoms with Crippen molar-refractivity contribution in [2.75, 3.05) is 5.32 Å². The van der Waals surface area contributed by atoms with Crippen molar-refractivity contribution in [3.8, 4) is 12.3 Å². The van der Waals surface area contributed by atoms with Crippen LogP contribution in [0.3, 0.4) is 0 Å². The molecule has 3 heteroatoms. The Bertz CT molecular complexity index is 339. The molecule has 0 radical (unpaired) electrons. The molecule has 0 saturated heterocycles. The van der Waals surface area contributed by atoms with Crippen molar-refractivity contribution in [2.24, 2.45) is 0 Å². The normalized spacial score (nSPS) is 9.77. The molecule has 0 aromatic carbocycles. The molecule has 0 fully saturated rings. The first-order chi connectivity index (χ1) is 6.13. The van der Waals surface area contributed by atoms with E-state index in [4.69, 9.17) is 6.42 Å². The Morgan fingerprint density at radius 3 is 2.85 bits per heavy atom. The summed E-state index contributed by atoms with van der Waals surface area (Å²) in [6, 6.07) is 2.25. The zero-order valence-corrected chi connectivity index (χ0v) is 9.22. The van der Waals surface area contributed by atoms with E-state index in [0.29, 0.717) is 6.04 Å². The van der Waals surface area contributed by atoms with Crippen molar-refractivity contribution in [1.29, 1.82) is 0 Å². The number of halogens is 1. The minimum absolute atomic E-state index is 0.362. The highest BCUT2D eigenvalue weighted by Crippen LogP contribution is 2.18. The van der Waals surface area contributed by atoms with Crippen LogP contribution >= 0.6 is 15.9 Å². The molecule has 0 saturated carbocycles. The fourth-order valence-corrected chi connectivity index (χ4v) is 1.31. The maximum absolute atomic E-state index is 5.33. The minimum atomic E-state index is 0.362. The smallest absolute Gasteiger partial charge is 0.108 e. The molecular weight excluding hydrogens is 228 g/mol. The molecule has 0 unspecified atom stereocenters. The molecule has 0 amide bonds. The SMILES string of the molecule is C#Cc1cnc(Br)cc1NC(C)C.